The Hall–Kier alpha value is -3.09. The lowest BCUT2D eigenvalue weighted by Gasteiger charge is -2.16. The molecule has 2 aliphatic rings. The molecule has 1 aromatic carbocycles. The van der Waals surface area contributed by atoms with Crippen molar-refractivity contribution < 1.29 is 9.53 Å². The van der Waals surface area contributed by atoms with Crippen molar-refractivity contribution in [1.29, 1.82) is 0 Å². The maximum absolute atomic E-state index is 12.9. The van der Waals surface area contributed by atoms with E-state index in [9.17, 15) is 9.59 Å². The van der Waals surface area contributed by atoms with Crippen LogP contribution in [-0.2, 0) is 11.3 Å². The van der Waals surface area contributed by atoms with Gasteiger partial charge in [0.25, 0.3) is 5.56 Å². The third-order valence-corrected chi connectivity index (χ3v) is 6.82. The number of anilines is 1. The average molecular weight is 449 g/mol. The molecule has 5 rings (SSSR count). The number of imidazole rings is 1. The molecule has 0 radical (unpaired) electrons. The smallest absolute Gasteiger partial charge is 0.262 e. The quantitative estimate of drug-likeness (QED) is 0.464. The molecule has 1 aliphatic heterocycles. The van der Waals surface area contributed by atoms with Crippen LogP contribution in [-0.4, -0.2) is 32.5 Å². The average Bonchev–Trinajstić information content (AvgIpc) is 3.55. The summed E-state index contributed by atoms with van der Waals surface area (Å²) in [6.07, 6.45) is 11.2. The van der Waals surface area contributed by atoms with Crippen molar-refractivity contribution in [2.24, 2.45) is 0 Å². The second-order valence-electron chi connectivity index (χ2n) is 9.20. The molecule has 0 atom stereocenters. The zero-order chi connectivity index (χ0) is 22.8. The van der Waals surface area contributed by atoms with Gasteiger partial charge >= 0.3 is 0 Å². The van der Waals surface area contributed by atoms with Crippen LogP contribution in [0.2, 0.25) is 0 Å². The minimum atomic E-state index is -0.122. The van der Waals surface area contributed by atoms with Gasteiger partial charge in [0.1, 0.15) is 6.10 Å². The summed E-state index contributed by atoms with van der Waals surface area (Å²) in [5, 5.41) is 0. The molecule has 1 saturated carbocycles. The van der Waals surface area contributed by atoms with Gasteiger partial charge in [-0.1, -0.05) is 31.9 Å². The van der Waals surface area contributed by atoms with Gasteiger partial charge in [-0.3, -0.25) is 14.0 Å². The first-order valence-corrected chi connectivity index (χ1v) is 12.3. The summed E-state index contributed by atoms with van der Waals surface area (Å²) in [5.74, 6) is 1.23. The molecule has 0 spiro atoms. The maximum Gasteiger partial charge on any atom is 0.262 e. The Labute approximate surface area is 194 Å². The van der Waals surface area contributed by atoms with Crippen molar-refractivity contribution in [3.05, 3.63) is 46.9 Å². The van der Waals surface area contributed by atoms with Crippen LogP contribution in [0.4, 0.5) is 5.69 Å². The third-order valence-electron chi connectivity index (χ3n) is 6.82. The van der Waals surface area contributed by atoms with E-state index in [-0.39, 0.29) is 17.6 Å². The molecule has 2 aromatic heterocycles. The number of fused-ring (bicyclic) bond motifs is 1. The van der Waals surface area contributed by atoms with Crippen molar-refractivity contribution in [3.8, 4) is 17.1 Å². The maximum atomic E-state index is 12.9. The Balaban J connectivity index is 1.52. The number of aromatic nitrogens is 3. The molecule has 1 aliphatic carbocycles. The molecule has 7 nitrogen and oxygen atoms in total. The second-order valence-corrected chi connectivity index (χ2v) is 9.20. The van der Waals surface area contributed by atoms with Crippen LogP contribution in [0.1, 0.15) is 64.7 Å². The van der Waals surface area contributed by atoms with Crippen LogP contribution in [0, 0.1) is 0 Å². The lowest BCUT2D eigenvalue weighted by molar-refractivity contribution is -0.117. The standard InChI is InChI=1S/C26H32N4O3/c1-2-3-6-15-29-22(19-11-13-20(14-12-19)28-16-7-10-24(28)31)18-30-25(32)17-23(27-26(29)30)33-21-8-4-5-9-21/h11-14,17-18,21H,2-10,15-16H2,1H3. The molecule has 1 saturated heterocycles. The Bertz CT molecular complexity index is 1190. The molecule has 1 amide bonds. The van der Waals surface area contributed by atoms with E-state index < -0.39 is 0 Å². The first-order chi connectivity index (χ1) is 16.1. The highest BCUT2D eigenvalue weighted by molar-refractivity contribution is 5.95. The van der Waals surface area contributed by atoms with Crippen molar-refractivity contribution in [3.63, 3.8) is 0 Å². The molecule has 174 valence electrons. The molecule has 0 unspecified atom stereocenters. The molecular formula is C26H32N4O3. The van der Waals surface area contributed by atoms with Gasteiger partial charge in [0.2, 0.25) is 17.6 Å². The molecular weight excluding hydrogens is 416 g/mol. The molecule has 2 fully saturated rings. The normalized spacial score (nSPS) is 16.9. The van der Waals surface area contributed by atoms with E-state index in [2.05, 4.69) is 11.5 Å². The van der Waals surface area contributed by atoms with E-state index in [4.69, 9.17) is 9.72 Å². The summed E-state index contributed by atoms with van der Waals surface area (Å²) in [5.41, 5.74) is 2.76. The van der Waals surface area contributed by atoms with E-state index in [0.29, 0.717) is 18.1 Å². The second kappa shape index (κ2) is 9.41. The summed E-state index contributed by atoms with van der Waals surface area (Å²) < 4.78 is 9.83. The molecule has 33 heavy (non-hydrogen) atoms. The minimum Gasteiger partial charge on any atom is -0.474 e. The molecule has 3 heterocycles. The zero-order valence-electron chi connectivity index (χ0n) is 19.3. The minimum absolute atomic E-state index is 0.122. The molecule has 7 heteroatoms. The van der Waals surface area contributed by atoms with E-state index in [0.717, 1.165) is 68.6 Å². The number of ether oxygens (including phenoxy) is 1. The third kappa shape index (κ3) is 4.41. The van der Waals surface area contributed by atoms with E-state index in [1.807, 2.05) is 35.4 Å². The summed E-state index contributed by atoms with van der Waals surface area (Å²) in [7, 11) is 0. The van der Waals surface area contributed by atoms with Crippen molar-refractivity contribution in [1.82, 2.24) is 14.0 Å². The number of benzene rings is 1. The van der Waals surface area contributed by atoms with Crippen LogP contribution in [0.3, 0.4) is 0 Å². The van der Waals surface area contributed by atoms with Crippen molar-refractivity contribution in [2.45, 2.75) is 77.4 Å². The van der Waals surface area contributed by atoms with Crippen LogP contribution >= 0.6 is 0 Å². The van der Waals surface area contributed by atoms with Gasteiger partial charge in [-0.05, 0) is 56.2 Å². The monoisotopic (exact) mass is 448 g/mol. The first-order valence-electron chi connectivity index (χ1n) is 12.3. The SMILES string of the molecule is CCCCCn1c(-c2ccc(N3CCCC3=O)cc2)cn2c(=O)cc(OC3CCCC3)nc12. The zero-order valence-corrected chi connectivity index (χ0v) is 19.3. The fourth-order valence-corrected chi connectivity index (χ4v) is 5.01. The molecule has 3 aromatic rings. The Morgan fingerprint density at radius 3 is 2.55 bits per heavy atom. The Morgan fingerprint density at radius 1 is 1.06 bits per heavy atom. The number of carbonyl (C=O) groups excluding carboxylic acids is 1. The summed E-state index contributed by atoms with van der Waals surface area (Å²) in [4.78, 5) is 31.7. The number of carbonyl (C=O) groups is 1. The van der Waals surface area contributed by atoms with Gasteiger partial charge in [0.05, 0.1) is 11.8 Å². The highest BCUT2D eigenvalue weighted by Gasteiger charge is 2.22. The fraction of sp³-hybridized carbons (Fsp3) is 0.500. The topological polar surface area (TPSA) is 68.8 Å². The van der Waals surface area contributed by atoms with Crippen LogP contribution in [0.5, 0.6) is 5.88 Å². The summed E-state index contributed by atoms with van der Waals surface area (Å²) >= 11 is 0. The predicted octanol–water partition coefficient (Wildman–Crippen LogP) is 4.80. The fourth-order valence-electron chi connectivity index (χ4n) is 5.01. The van der Waals surface area contributed by atoms with Crippen LogP contribution < -0.4 is 15.2 Å². The predicted molar refractivity (Wildman–Crippen MR) is 129 cm³/mol. The Morgan fingerprint density at radius 2 is 1.85 bits per heavy atom. The number of hydrogen-bond acceptors (Lipinski definition) is 4. The van der Waals surface area contributed by atoms with Crippen molar-refractivity contribution in [2.75, 3.05) is 11.4 Å². The molecule has 0 bridgehead atoms. The van der Waals surface area contributed by atoms with Crippen LogP contribution in [0.15, 0.2) is 41.3 Å². The van der Waals surface area contributed by atoms with Gasteiger partial charge in [-0.25, -0.2) is 0 Å². The van der Waals surface area contributed by atoms with Crippen LogP contribution in [0.25, 0.3) is 17.0 Å². The lowest BCUT2D eigenvalue weighted by atomic mass is 10.1. The number of nitrogens with zero attached hydrogens (tertiary/aromatic N) is 4. The molecule has 0 N–H and O–H groups in total. The number of unbranched alkanes of at least 4 members (excludes halogenated alkanes) is 2. The number of rotatable bonds is 8. The first kappa shape index (κ1) is 21.7. The van der Waals surface area contributed by atoms with Gasteiger partial charge in [0.15, 0.2) is 0 Å². The van der Waals surface area contributed by atoms with E-state index in [1.165, 1.54) is 18.9 Å². The highest BCUT2D eigenvalue weighted by atomic mass is 16.5. The number of aryl methyl sites for hydroxylation is 1. The van der Waals surface area contributed by atoms with Gasteiger partial charge in [0, 0.05) is 31.4 Å². The van der Waals surface area contributed by atoms with E-state index in [1.54, 1.807) is 4.40 Å². The summed E-state index contributed by atoms with van der Waals surface area (Å²) in [6, 6.07) is 9.57. The number of hydrogen-bond donors (Lipinski definition) is 0. The summed E-state index contributed by atoms with van der Waals surface area (Å²) in [6.45, 7) is 3.74. The Kier molecular flexibility index (Phi) is 6.20. The van der Waals surface area contributed by atoms with E-state index >= 15 is 0 Å². The number of amides is 1. The lowest BCUT2D eigenvalue weighted by Crippen LogP contribution is -2.23. The largest absolute Gasteiger partial charge is 0.474 e. The van der Waals surface area contributed by atoms with Gasteiger partial charge in [-0.2, -0.15) is 4.98 Å². The van der Waals surface area contributed by atoms with Crippen molar-refractivity contribution >= 4 is 17.4 Å². The van der Waals surface area contributed by atoms with Gasteiger partial charge in [-0.15, -0.1) is 0 Å². The van der Waals surface area contributed by atoms with Gasteiger partial charge < -0.3 is 14.2 Å². The highest BCUT2D eigenvalue weighted by Crippen LogP contribution is 2.28.